The minimum Gasteiger partial charge on any atom is -0.481 e. The molecule has 1 unspecified atom stereocenters. The lowest BCUT2D eigenvalue weighted by Gasteiger charge is -2.07. The van der Waals surface area contributed by atoms with Crippen LogP contribution in [0, 0.1) is 0 Å². The summed E-state index contributed by atoms with van der Waals surface area (Å²) < 4.78 is 6.01. The molecule has 2 nitrogen and oxygen atoms in total. The maximum absolute atomic E-state index is 6.05. The Labute approximate surface area is 89.7 Å². The highest BCUT2D eigenvalue weighted by molar-refractivity contribution is 9.10. The maximum atomic E-state index is 6.05. The van der Waals surface area contributed by atoms with Crippen molar-refractivity contribution in [2.45, 2.75) is 6.04 Å². The molecule has 1 atom stereocenters. The van der Waals surface area contributed by atoms with Gasteiger partial charge >= 0.3 is 0 Å². The van der Waals surface area contributed by atoms with E-state index >= 15 is 0 Å². The molecule has 0 amide bonds. The van der Waals surface area contributed by atoms with E-state index in [4.69, 9.17) is 16.3 Å². The first-order valence-electron chi connectivity index (χ1n) is 3.85. The minimum atomic E-state index is 0.0561. The standard InChI is InChI=1S/C9H7BrClNO/c10-6-1-2-7(8(11)3-6)9-4-13-5-12-9/h1-3,5,9H,4H2. The zero-order valence-electron chi connectivity index (χ0n) is 6.71. The number of aliphatic imine (C=N–C) groups is 1. The Kier molecular flexibility index (Phi) is 2.56. The second kappa shape index (κ2) is 3.68. The average Bonchev–Trinajstić information content (AvgIpc) is 2.56. The van der Waals surface area contributed by atoms with Crippen LogP contribution in [-0.4, -0.2) is 13.0 Å². The van der Waals surface area contributed by atoms with Crippen LogP contribution in [0.15, 0.2) is 27.7 Å². The van der Waals surface area contributed by atoms with E-state index in [-0.39, 0.29) is 6.04 Å². The zero-order chi connectivity index (χ0) is 9.26. The Balaban J connectivity index is 2.34. The van der Waals surface area contributed by atoms with E-state index in [1.165, 1.54) is 6.40 Å². The van der Waals surface area contributed by atoms with E-state index in [1.807, 2.05) is 18.2 Å². The van der Waals surface area contributed by atoms with Crippen molar-refractivity contribution in [3.8, 4) is 0 Å². The molecule has 68 valence electrons. The first kappa shape index (κ1) is 9.03. The summed E-state index contributed by atoms with van der Waals surface area (Å²) in [5, 5.41) is 0.724. The second-order valence-corrected chi connectivity index (χ2v) is 4.09. The Morgan fingerprint density at radius 3 is 3.00 bits per heavy atom. The Hall–Kier alpha value is -0.540. The number of benzene rings is 1. The fourth-order valence-electron chi connectivity index (χ4n) is 1.24. The van der Waals surface area contributed by atoms with Crippen molar-refractivity contribution in [1.82, 2.24) is 0 Å². The van der Waals surface area contributed by atoms with E-state index in [1.54, 1.807) is 0 Å². The topological polar surface area (TPSA) is 21.6 Å². The number of hydrogen-bond acceptors (Lipinski definition) is 2. The van der Waals surface area contributed by atoms with Crippen molar-refractivity contribution >= 4 is 33.9 Å². The van der Waals surface area contributed by atoms with Gasteiger partial charge in [-0.2, -0.15) is 0 Å². The lowest BCUT2D eigenvalue weighted by atomic mass is 10.1. The Bertz CT molecular complexity index is 353. The van der Waals surface area contributed by atoms with Crippen LogP contribution >= 0.6 is 27.5 Å². The lowest BCUT2D eigenvalue weighted by molar-refractivity contribution is 0.330. The normalized spacial score (nSPS) is 20.3. The van der Waals surface area contributed by atoms with Crippen molar-refractivity contribution in [3.05, 3.63) is 33.3 Å². The molecule has 0 N–H and O–H groups in total. The molecule has 0 bridgehead atoms. The van der Waals surface area contributed by atoms with Crippen LogP contribution in [0.25, 0.3) is 0 Å². The van der Waals surface area contributed by atoms with Gasteiger partial charge in [0.05, 0.1) is 0 Å². The van der Waals surface area contributed by atoms with Crippen molar-refractivity contribution in [2.24, 2.45) is 4.99 Å². The van der Waals surface area contributed by atoms with Crippen LogP contribution in [0.5, 0.6) is 0 Å². The Morgan fingerprint density at radius 1 is 1.54 bits per heavy atom. The van der Waals surface area contributed by atoms with Gasteiger partial charge in [0, 0.05) is 9.50 Å². The third kappa shape index (κ3) is 1.86. The van der Waals surface area contributed by atoms with Crippen molar-refractivity contribution < 1.29 is 4.74 Å². The van der Waals surface area contributed by atoms with Gasteiger partial charge in [0.25, 0.3) is 0 Å². The van der Waals surface area contributed by atoms with Crippen molar-refractivity contribution in [1.29, 1.82) is 0 Å². The molecule has 0 radical (unpaired) electrons. The van der Waals surface area contributed by atoms with Gasteiger partial charge in [0.2, 0.25) is 0 Å². The van der Waals surface area contributed by atoms with E-state index in [9.17, 15) is 0 Å². The first-order valence-corrected chi connectivity index (χ1v) is 5.02. The maximum Gasteiger partial charge on any atom is 0.170 e. The monoisotopic (exact) mass is 259 g/mol. The Morgan fingerprint density at radius 2 is 2.38 bits per heavy atom. The molecule has 1 aromatic carbocycles. The van der Waals surface area contributed by atoms with Gasteiger partial charge < -0.3 is 4.74 Å². The molecule has 13 heavy (non-hydrogen) atoms. The van der Waals surface area contributed by atoms with Crippen molar-refractivity contribution in [2.75, 3.05) is 6.61 Å². The molecule has 0 aliphatic carbocycles. The summed E-state index contributed by atoms with van der Waals surface area (Å²) in [6, 6.07) is 5.84. The number of rotatable bonds is 1. The largest absolute Gasteiger partial charge is 0.481 e. The molecule has 1 aliphatic rings. The van der Waals surface area contributed by atoms with Gasteiger partial charge in [-0.3, -0.25) is 0 Å². The molecule has 0 spiro atoms. The third-order valence-electron chi connectivity index (χ3n) is 1.89. The highest BCUT2D eigenvalue weighted by atomic mass is 79.9. The summed E-state index contributed by atoms with van der Waals surface area (Å²) in [6.07, 6.45) is 1.48. The highest BCUT2D eigenvalue weighted by Crippen LogP contribution is 2.29. The van der Waals surface area contributed by atoms with E-state index in [0.717, 1.165) is 15.1 Å². The van der Waals surface area contributed by atoms with Crippen LogP contribution in [0.3, 0.4) is 0 Å². The molecular weight excluding hydrogens is 253 g/mol. The van der Waals surface area contributed by atoms with Gasteiger partial charge in [-0.15, -0.1) is 0 Å². The zero-order valence-corrected chi connectivity index (χ0v) is 9.05. The fourth-order valence-corrected chi connectivity index (χ4v) is 2.03. The quantitative estimate of drug-likeness (QED) is 0.760. The van der Waals surface area contributed by atoms with Gasteiger partial charge in [0.15, 0.2) is 6.40 Å². The fraction of sp³-hybridized carbons (Fsp3) is 0.222. The number of nitrogens with zero attached hydrogens (tertiary/aromatic N) is 1. The molecule has 4 heteroatoms. The number of halogens is 2. The van der Waals surface area contributed by atoms with Crippen LogP contribution in [0.2, 0.25) is 5.02 Å². The molecule has 1 aromatic rings. The smallest absolute Gasteiger partial charge is 0.170 e. The van der Waals surface area contributed by atoms with Gasteiger partial charge in [0.1, 0.15) is 12.6 Å². The van der Waals surface area contributed by atoms with E-state index in [0.29, 0.717) is 6.61 Å². The van der Waals surface area contributed by atoms with Crippen LogP contribution in [0.4, 0.5) is 0 Å². The van der Waals surface area contributed by atoms with Gasteiger partial charge in [-0.1, -0.05) is 33.6 Å². The van der Waals surface area contributed by atoms with E-state index < -0.39 is 0 Å². The average molecular weight is 261 g/mol. The molecule has 1 aliphatic heterocycles. The van der Waals surface area contributed by atoms with Crippen LogP contribution < -0.4 is 0 Å². The number of hydrogen-bond donors (Lipinski definition) is 0. The molecule has 1 heterocycles. The molecular formula is C9H7BrClNO. The predicted octanol–water partition coefficient (Wildman–Crippen LogP) is 3.20. The molecule has 2 rings (SSSR count). The lowest BCUT2D eigenvalue weighted by Crippen LogP contribution is -1.97. The summed E-state index contributed by atoms with van der Waals surface area (Å²) in [5.74, 6) is 0. The minimum absolute atomic E-state index is 0.0561. The van der Waals surface area contributed by atoms with Crippen molar-refractivity contribution in [3.63, 3.8) is 0 Å². The summed E-state index contributed by atoms with van der Waals surface area (Å²) in [6.45, 7) is 0.585. The third-order valence-corrected chi connectivity index (χ3v) is 2.71. The number of ether oxygens (including phenoxy) is 1. The second-order valence-electron chi connectivity index (χ2n) is 2.77. The summed E-state index contributed by atoms with van der Waals surface area (Å²) >= 11 is 9.40. The molecule has 0 saturated carbocycles. The van der Waals surface area contributed by atoms with E-state index in [2.05, 4.69) is 20.9 Å². The molecule has 0 fully saturated rings. The molecule has 0 aromatic heterocycles. The summed E-state index contributed by atoms with van der Waals surface area (Å²) in [4.78, 5) is 4.15. The van der Waals surface area contributed by atoms with Gasteiger partial charge in [-0.05, 0) is 17.7 Å². The van der Waals surface area contributed by atoms with Gasteiger partial charge in [-0.25, -0.2) is 4.99 Å². The first-order chi connectivity index (χ1) is 6.27. The van der Waals surface area contributed by atoms with Crippen LogP contribution in [-0.2, 0) is 4.74 Å². The summed E-state index contributed by atoms with van der Waals surface area (Å²) in [5.41, 5.74) is 1.01. The summed E-state index contributed by atoms with van der Waals surface area (Å²) in [7, 11) is 0. The van der Waals surface area contributed by atoms with Crippen LogP contribution in [0.1, 0.15) is 11.6 Å². The SMILES string of the molecule is Clc1cc(Br)ccc1C1COC=N1. The predicted molar refractivity (Wildman–Crippen MR) is 56.3 cm³/mol. The highest BCUT2D eigenvalue weighted by Gasteiger charge is 2.17. The molecule has 0 saturated heterocycles.